The zero-order valence-corrected chi connectivity index (χ0v) is 12.0. The van der Waals surface area contributed by atoms with E-state index in [1.54, 1.807) is 13.8 Å². The van der Waals surface area contributed by atoms with Gasteiger partial charge in [0.1, 0.15) is 22.8 Å². The van der Waals surface area contributed by atoms with Crippen molar-refractivity contribution in [3.8, 4) is 0 Å². The fourth-order valence-electron chi connectivity index (χ4n) is 1.35. The van der Waals surface area contributed by atoms with E-state index < -0.39 is 6.04 Å². The lowest BCUT2D eigenvalue weighted by Gasteiger charge is -2.16. The maximum atomic E-state index is 11.4. The average molecular weight is 272 g/mol. The molecule has 0 fully saturated rings. The topological polar surface area (TPSA) is 64.1 Å². The summed E-state index contributed by atoms with van der Waals surface area (Å²) in [6.07, 6.45) is 0. The molecule has 1 unspecified atom stereocenters. The van der Waals surface area contributed by atoms with E-state index in [1.807, 2.05) is 13.8 Å². The van der Waals surface area contributed by atoms with Crippen LogP contribution in [0.3, 0.4) is 0 Å². The second-order valence-corrected chi connectivity index (χ2v) is 4.75. The van der Waals surface area contributed by atoms with Crippen LogP contribution in [0.1, 0.15) is 38.1 Å². The minimum Gasteiger partial charge on any atom is -0.467 e. The first-order chi connectivity index (χ1) is 8.36. The summed E-state index contributed by atoms with van der Waals surface area (Å²) < 4.78 is 4.65. The van der Waals surface area contributed by atoms with Gasteiger partial charge in [0, 0.05) is 11.5 Å². The zero-order chi connectivity index (χ0) is 13.9. The fourth-order valence-corrected chi connectivity index (χ4v) is 1.52. The van der Waals surface area contributed by atoms with Gasteiger partial charge in [0.05, 0.1) is 7.11 Å². The second kappa shape index (κ2) is 6.00. The number of anilines is 1. The van der Waals surface area contributed by atoms with Crippen LogP contribution in [0.5, 0.6) is 0 Å². The van der Waals surface area contributed by atoms with Gasteiger partial charge in [0.25, 0.3) is 0 Å². The van der Waals surface area contributed by atoms with Crippen LogP contribution in [0.25, 0.3) is 0 Å². The summed E-state index contributed by atoms with van der Waals surface area (Å²) in [5, 5.41) is 3.38. The summed E-state index contributed by atoms with van der Waals surface area (Å²) in [6, 6.07) is -0.486. The molecule has 1 aromatic rings. The molecule has 0 aliphatic heterocycles. The van der Waals surface area contributed by atoms with E-state index in [1.165, 1.54) is 7.11 Å². The number of hydrogen-bond acceptors (Lipinski definition) is 5. The van der Waals surface area contributed by atoms with Crippen LogP contribution in [0.2, 0.25) is 5.15 Å². The maximum Gasteiger partial charge on any atom is 0.328 e. The van der Waals surface area contributed by atoms with Crippen LogP contribution in [0.4, 0.5) is 5.82 Å². The van der Waals surface area contributed by atoms with E-state index in [0.29, 0.717) is 16.8 Å². The molecule has 0 spiro atoms. The lowest BCUT2D eigenvalue weighted by Crippen LogP contribution is -2.28. The van der Waals surface area contributed by atoms with Gasteiger partial charge in [0.15, 0.2) is 0 Å². The number of carbonyl (C=O) groups excluding carboxylic acids is 1. The minimum absolute atomic E-state index is 0.164. The van der Waals surface area contributed by atoms with Gasteiger partial charge in [0.2, 0.25) is 0 Å². The molecule has 0 aliphatic carbocycles. The monoisotopic (exact) mass is 271 g/mol. The number of esters is 1. The summed E-state index contributed by atoms with van der Waals surface area (Å²) in [5.41, 5.74) is 0.719. The van der Waals surface area contributed by atoms with Crippen molar-refractivity contribution in [2.24, 2.45) is 0 Å². The summed E-state index contributed by atoms with van der Waals surface area (Å²) in [6.45, 7) is 7.47. The van der Waals surface area contributed by atoms with Gasteiger partial charge in [-0.1, -0.05) is 25.4 Å². The lowest BCUT2D eigenvalue weighted by molar-refractivity contribution is -0.141. The minimum atomic E-state index is -0.486. The van der Waals surface area contributed by atoms with Gasteiger partial charge in [-0.25, -0.2) is 14.8 Å². The molecule has 0 amide bonds. The van der Waals surface area contributed by atoms with Crippen LogP contribution in [0, 0.1) is 6.92 Å². The number of nitrogens with one attached hydrogen (secondary N) is 1. The van der Waals surface area contributed by atoms with Crippen LogP contribution >= 0.6 is 11.6 Å². The van der Waals surface area contributed by atoms with E-state index in [9.17, 15) is 4.79 Å². The number of carbonyl (C=O) groups is 1. The van der Waals surface area contributed by atoms with Crippen molar-refractivity contribution >= 4 is 23.4 Å². The van der Waals surface area contributed by atoms with Crippen molar-refractivity contribution < 1.29 is 9.53 Å². The highest BCUT2D eigenvalue weighted by atomic mass is 35.5. The normalized spacial score (nSPS) is 12.4. The van der Waals surface area contributed by atoms with Gasteiger partial charge in [-0.15, -0.1) is 0 Å². The number of aromatic nitrogens is 2. The molecule has 1 aromatic heterocycles. The molecule has 100 valence electrons. The number of methoxy groups -OCH3 is 1. The molecule has 18 heavy (non-hydrogen) atoms. The third kappa shape index (κ3) is 3.32. The molecule has 1 heterocycles. The molecule has 0 saturated heterocycles. The van der Waals surface area contributed by atoms with Gasteiger partial charge in [-0.3, -0.25) is 0 Å². The van der Waals surface area contributed by atoms with E-state index in [2.05, 4.69) is 20.0 Å². The number of nitrogens with zero attached hydrogens (tertiary/aromatic N) is 2. The zero-order valence-electron chi connectivity index (χ0n) is 11.2. The molecule has 0 bridgehead atoms. The standard InChI is InChI=1S/C12H18ClN3O2/c1-6(2)10-15-9(13)7(3)11(16-10)14-8(4)12(17)18-5/h6,8H,1-5H3,(H,14,15,16). The summed E-state index contributed by atoms with van der Waals surface area (Å²) >= 11 is 6.05. The summed E-state index contributed by atoms with van der Waals surface area (Å²) in [5.74, 6) is 1.02. The molecule has 0 aromatic carbocycles. The predicted octanol–water partition coefficient (Wildman–Crippen LogP) is 2.54. The molecule has 0 saturated carbocycles. The fraction of sp³-hybridized carbons (Fsp3) is 0.583. The molecule has 0 radical (unpaired) electrons. The Labute approximate surface area is 112 Å². The Hall–Kier alpha value is -1.36. The van der Waals surface area contributed by atoms with E-state index >= 15 is 0 Å². The highest BCUT2D eigenvalue weighted by Gasteiger charge is 2.17. The third-order valence-electron chi connectivity index (χ3n) is 2.53. The molecular weight excluding hydrogens is 254 g/mol. The molecule has 1 atom stereocenters. The lowest BCUT2D eigenvalue weighted by atomic mass is 10.2. The molecule has 1 N–H and O–H groups in total. The van der Waals surface area contributed by atoms with Crippen molar-refractivity contribution in [2.45, 2.75) is 39.7 Å². The largest absolute Gasteiger partial charge is 0.467 e. The van der Waals surface area contributed by atoms with Gasteiger partial charge >= 0.3 is 5.97 Å². The summed E-state index contributed by atoms with van der Waals surface area (Å²) in [7, 11) is 1.35. The van der Waals surface area contributed by atoms with Gasteiger partial charge in [-0.2, -0.15) is 0 Å². The highest BCUT2D eigenvalue weighted by molar-refractivity contribution is 6.30. The number of rotatable bonds is 4. The number of hydrogen-bond donors (Lipinski definition) is 1. The van der Waals surface area contributed by atoms with Gasteiger partial charge in [-0.05, 0) is 13.8 Å². The quantitative estimate of drug-likeness (QED) is 0.673. The Morgan fingerprint density at radius 3 is 2.44 bits per heavy atom. The average Bonchev–Trinajstić information content (AvgIpc) is 2.33. The van der Waals surface area contributed by atoms with Crippen molar-refractivity contribution in [2.75, 3.05) is 12.4 Å². The first-order valence-corrected chi connectivity index (χ1v) is 6.13. The van der Waals surface area contributed by atoms with Crippen LogP contribution in [-0.4, -0.2) is 29.1 Å². The SMILES string of the molecule is COC(=O)C(C)Nc1nc(C(C)C)nc(Cl)c1C. The Bertz CT molecular complexity index is 449. The number of ether oxygens (including phenoxy) is 1. The Kier molecular flexibility index (Phi) is 4.90. The second-order valence-electron chi connectivity index (χ2n) is 4.39. The Balaban J connectivity index is 3.04. The van der Waals surface area contributed by atoms with E-state index in [-0.39, 0.29) is 11.9 Å². The van der Waals surface area contributed by atoms with Gasteiger partial charge < -0.3 is 10.1 Å². The van der Waals surface area contributed by atoms with Crippen LogP contribution < -0.4 is 5.32 Å². The Morgan fingerprint density at radius 2 is 1.94 bits per heavy atom. The van der Waals surface area contributed by atoms with Crippen molar-refractivity contribution in [1.29, 1.82) is 0 Å². The number of halogens is 1. The first kappa shape index (κ1) is 14.7. The molecule has 5 nitrogen and oxygen atoms in total. The highest BCUT2D eigenvalue weighted by Crippen LogP contribution is 2.23. The van der Waals surface area contributed by atoms with Crippen LogP contribution in [0.15, 0.2) is 0 Å². The maximum absolute atomic E-state index is 11.4. The first-order valence-electron chi connectivity index (χ1n) is 5.75. The smallest absolute Gasteiger partial charge is 0.328 e. The van der Waals surface area contributed by atoms with Crippen LogP contribution in [-0.2, 0) is 9.53 Å². The summed E-state index contributed by atoms with van der Waals surface area (Å²) in [4.78, 5) is 19.9. The predicted molar refractivity (Wildman–Crippen MR) is 71.0 cm³/mol. The molecule has 6 heteroatoms. The van der Waals surface area contributed by atoms with Crippen molar-refractivity contribution in [1.82, 2.24) is 9.97 Å². The van der Waals surface area contributed by atoms with E-state index in [4.69, 9.17) is 11.6 Å². The van der Waals surface area contributed by atoms with Crippen molar-refractivity contribution in [3.63, 3.8) is 0 Å². The van der Waals surface area contributed by atoms with Crippen molar-refractivity contribution in [3.05, 3.63) is 16.5 Å². The molecule has 1 rings (SSSR count). The van der Waals surface area contributed by atoms with E-state index in [0.717, 1.165) is 5.56 Å². The molecule has 0 aliphatic rings. The Morgan fingerprint density at radius 1 is 1.33 bits per heavy atom. The third-order valence-corrected chi connectivity index (χ3v) is 2.90. The molecular formula is C12H18ClN3O2.